The summed E-state index contributed by atoms with van der Waals surface area (Å²) in [6, 6.07) is 1.03. The monoisotopic (exact) mass is 254 g/mol. The fourth-order valence-corrected chi connectivity index (χ4v) is 2.68. The van der Waals surface area contributed by atoms with Gasteiger partial charge in [-0.3, -0.25) is 4.90 Å². The fourth-order valence-electron chi connectivity index (χ4n) is 2.68. The number of carbonyl (C=O) groups excluding carboxylic acids is 1. The van der Waals surface area contributed by atoms with E-state index in [2.05, 4.69) is 10.2 Å². The standard InChI is InChI=1S/C14H26N2O2/c1-14(2,3)18-13(17)15-11-6-5-9-16(10-11)12-7-4-8-12/h11-12H,4-10H2,1-3H3,(H,15,17). The fraction of sp³-hybridized carbons (Fsp3) is 0.929. The molecule has 0 aromatic heterocycles. The maximum absolute atomic E-state index is 11.7. The summed E-state index contributed by atoms with van der Waals surface area (Å²) >= 11 is 0. The van der Waals surface area contributed by atoms with Gasteiger partial charge in [0.15, 0.2) is 0 Å². The van der Waals surface area contributed by atoms with Crippen LogP contribution in [0.3, 0.4) is 0 Å². The topological polar surface area (TPSA) is 41.6 Å². The van der Waals surface area contributed by atoms with Crippen LogP contribution in [-0.2, 0) is 4.74 Å². The first-order valence-electron chi connectivity index (χ1n) is 7.17. The summed E-state index contributed by atoms with van der Waals surface area (Å²) in [6.07, 6.45) is 6.01. The molecule has 2 fully saturated rings. The number of hydrogen-bond donors (Lipinski definition) is 1. The molecule has 0 spiro atoms. The van der Waals surface area contributed by atoms with Crippen LogP contribution in [0.25, 0.3) is 0 Å². The van der Waals surface area contributed by atoms with Gasteiger partial charge in [-0.1, -0.05) is 6.42 Å². The largest absolute Gasteiger partial charge is 0.444 e. The van der Waals surface area contributed by atoms with Crippen LogP contribution in [0.2, 0.25) is 0 Å². The molecule has 4 nitrogen and oxygen atoms in total. The molecule has 1 amide bonds. The van der Waals surface area contributed by atoms with Crippen molar-refractivity contribution < 1.29 is 9.53 Å². The van der Waals surface area contributed by atoms with Crippen molar-refractivity contribution in [3.05, 3.63) is 0 Å². The lowest BCUT2D eigenvalue weighted by molar-refractivity contribution is 0.0419. The summed E-state index contributed by atoms with van der Waals surface area (Å²) < 4.78 is 5.31. The molecule has 2 aliphatic rings. The van der Waals surface area contributed by atoms with Crippen LogP contribution < -0.4 is 5.32 Å². The van der Waals surface area contributed by atoms with Crippen LogP contribution in [0.4, 0.5) is 4.79 Å². The first-order chi connectivity index (χ1) is 8.44. The summed E-state index contributed by atoms with van der Waals surface area (Å²) in [6.45, 7) is 7.87. The van der Waals surface area contributed by atoms with Gasteiger partial charge in [-0.25, -0.2) is 4.79 Å². The van der Waals surface area contributed by atoms with Gasteiger partial charge in [0.2, 0.25) is 0 Å². The number of amides is 1. The number of alkyl carbamates (subject to hydrolysis) is 1. The van der Waals surface area contributed by atoms with Crippen LogP contribution >= 0.6 is 0 Å². The van der Waals surface area contributed by atoms with Gasteiger partial charge < -0.3 is 10.1 Å². The molecule has 1 unspecified atom stereocenters. The van der Waals surface area contributed by atoms with Crippen LogP contribution in [0.1, 0.15) is 52.9 Å². The minimum absolute atomic E-state index is 0.259. The molecular formula is C14H26N2O2. The molecule has 104 valence electrons. The Bertz CT molecular complexity index is 295. The average Bonchev–Trinajstić information content (AvgIpc) is 2.11. The molecule has 0 radical (unpaired) electrons. The summed E-state index contributed by atoms with van der Waals surface area (Å²) in [5, 5.41) is 3.01. The van der Waals surface area contributed by atoms with E-state index in [-0.39, 0.29) is 12.1 Å². The highest BCUT2D eigenvalue weighted by atomic mass is 16.6. The molecule has 0 aromatic carbocycles. The van der Waals surface area contributed by atoms with E-state index in [1.165, 1.54) is 32.2 Å². The second-order valence-electron chi connectivity index (χ2n) is 6.57. The number of hydrogen-bond acceptors (Lipinski definition) is 3. The van der Waals surface area contributed by atoms with Gasteiger partial charge in [0.1, 0.15) is 5.60 Å². The lowest BCUT2D eigenvalue weighted by Gasteiger charge is -2.42. The third-order valence-electron chi connectivity index (χ3n) is 3.76. The molecule has 0 bridgehead atoms. The Hall–Kier alpha value is -0.770. The number of piperidine rings is 1. The highest BCUT2D eigenvalue weighted by Crippen LogP contribution is 2.27. The number of likely N-dealkylation sites (tertiary alicyclic amines) is 1. The quantitative estimate of drug-likeness (QED) is 0.823. The van der Waals surface area contributed by atoms with E-state index in [0.717, 1.165) is 19.0 Å². The smallest absolute Gasteiger partial charge is 0.407 e. The molecular weight excluding hydrogens is 228 g/mol. The summed E-state index contributed by atoms with van der Waals surface area (Å²) in [5.41, 5.74) is -0.410. The van der Waals surface area contributed by atoms with Gasteiger partial charge in [0, 0.05) is 18.6 Å². The molecule has 1 saturated carbocycles. The van der Waals surface area contributed by atoms with Gasteiger partial charge in [0.25, 0.3) is 0 Å². The maximum Gasteiger partial charge on any atom is 0.407 e. The van der Waals surface area contributed by atoms with E-state index >= 15 is 0 Å². The molecule has 18 heavy (non-hydrogen) atoms. The van der Waals surface area contributed by atoms with Crippen molar-refractivity contribution in [1.82, 2.24) is 10.2 Å². The van der Waals surface area contributed by atoms with Crippen molar-refractivity contribution in [1.29, 1.82) is 0 Å². The minimum atomic E-state index is -0.410. The normalized spacial score (nSPS) is 26.5. The Kier molecular flexibility index (Phi) is 4.15. The molecule has 1 heterocycles. The third kappa shape index (κ3) is 3.87. The number of rotatable bonds is 2. The lowest BCUT2D eigenvalue weighted by Crippen LogP contribution is -2.53. The van der Waals surface area contributed by atoms with Crippen LogP contribution in [0.15, 0.2) is 0 Å². The van der Waals surface area contributed by atoms with Crippen molar-refractivity contribution in [3.8, 4) is 0 Å². The van der Waals surface area contributed by atoms with Gasteiger partial charge in [0.05, 0.1) is 0 Å². The average molecular weight is 254 g/mol. The minimum Gasteiger partial charge on any atom is -0.444 e. The molecule has 1 aliphatic carbocycles. The second kappa shape index (κ2) is 5.47. The van der Waals surface area contributed by atoms with E-state index < -0.39 is 5.60 Å². The van der Waals surface area contributed by atoms with Gasteiger partial charge in [-0.05, 0) is 53.0 Å². The van der Waals surface area contributed by atoms with E-state index in [0.29, 0.717) is 0 Å². The molecule has 1 N–H and O–H groups in total. The Morgan fingerprint density at radius 1 is 1.22 bits per heavy atom. The molecule has 4 heteroatoms. The van der Waals surface area contributed by atoms with Crippen molar-refractivity contribution in [2.24, 2.45) is 0 Å². The van der Waals surface area contributed by atoms with Crippen molar-refractivity contribution in [2.75, 3.05) is 13.1 Å². The summed E-state index contributed by atoms with van der Waals surface area (Å²) in [7, 11) is 0. The Balaban J connectivity index is 1.76. The zero-order valence-corrected chi connectivity index (χ0v) is 11.9. The third-order valence-corrected chi connectivity index (χ3v) is 3.76. The zero-order chi connectivity index (χ0) is 13.2. The van der Waals surface area contributed by atoms with Crippen LogP contribution in [0.5, 0.6) is 0 Å². The zero-order valence-electron chi connectivity index (χ0n) is 11.9. The molecule has 1 saturated heterocycles. The van der Waals surface area contributed by atoms with Crippen LogP contribution in [0, 0.1) is 0 Å². The van der Waals surface area contributed by atoms with Gasteiger partial charge >= 0.3 is 6.09 Å². The van der Waals surface area contributed by atoms with Gasteiger partial charge in [-0.15, -0.1) is 0 Å². The number of carbonyl (C=O) groups is 1. The molecule has 0 aromatic rings. The predicted octanol–water partition coefficient (Wildman–Crippen LogP) is 2.53. The number of nitrogens with one attached hydrogen (secondary N) is 1. The highest BCUT2D eigenvalue weighted by Gasteiger charge is 2.30. The van der Waals surface area contributed by atoms with E-state index in [1.807, 2.05) is 20.8 Å². The molecule has 1 atom stereocenters. The maximum atomic E-state index is 11.7. The Morgan fingerprint density at radius 3 is 2.50 bits per heavy atom. The van der Waals surface area contributed by atoms with Crippen molar-refractivity contribution in [3.63, 3.8) is 0 Å². The number of ether oxygens (including phenoxy) is 1. The molecule has 1 aliphatic heterocycles. The highest BCUT2D eigenvalue weighted by molar-refractivity contribution is 5.68. The first kappa shape index (κ1) is 13.7. The number of nitrogens with zero attached hydrogens (tertiary/aromatic N) is 1. The van der Waals surface area contributed by atoms with Crippen molar-refractivity contribution in [2.45, 2.75) is 70.6 Å². The predicted molar refractivity (Wildman–Crippen MR) is 71.6 cm³/mol. The summed E-state index contributed by atoms with van der Waals surface area (Å²) in [4.78, 5) is 14.3. The van der Waals surface area contributed by atoms with E-state index in [1.54, 1.807) is 0 Å². The summed E-state index contributed by atoms with van der Waals surface area (Å²) in [5.74, 6) is 0. The Morgan fingerprint density at radius 2 is 1.94 bits per heavy atom. The second-order valence-corrected chi connectivity index (χ2v) is 6.57. The van der Waals surface area contributed by atoms with Gasteiger partial charge in [-0.2, -0.15) is 0 Å². The lowest BCUT2D eigenvalue weighted by atomic mass is 9.89. The van der Waals surface area contributed by atoms with Crippen molar-refractivity contribution >= 4 is 6.09 Å². The van der Waals surface area contributed by atoms with Crippen LogP contribution in [-0.4, -0.2) is 41.8 Å². The molecule has 2 rings (SSSR count). The van der Waals surface area contributed by atoms with E-state index in [4.69, 9.17) is 4.74 Å². The Labute approximate surface area is 110 Å². The van der Waals surface area contributed by atoms with E-state index in [9.17, 15) is 4.79 Å². The SMILES string of the molecule is CC(C)(C)OC(=O)NC1CCCN(C2CCC2)C1. The first-order valence-corrected chi connectivity index (χ1v) is 7.17.